The zero-order valence-corrected chi connectivity index (χ0v) is 8.22. The number of hydrogen-bond donors (Lipinski definition) is 2. The highest BCUT2D eigenvalue weighted by Gasteiger charge is 2.12. The molecule has 0 aliphatic rings. The largest absolute Gasteiger partial charge is 0.337 e. The van der Waals surface area contributed by atoms with Crippen LogP contribution in [0.2, 0.25) is 0 Å². The summed E-state index contributed by atoms with van der Waals surface area (Å²) in [7, 11) is 0. The van der Waals surface area contributed by atoms with Crippen molar-refractivity contribution in [2.24, 2.45) is 11.5 Å². The molecular weight excluding hydrogens is 180 g/mol. The van der Waals surface area contributed by atoms with E-state index in [-0.39, 0.29) is 12.1 Å². The molecule has 0 fully saturated rings. The van der Waals surface area contributed by atoms with Crippen LogP contribution in [0.15, 0.2) is 30.3 Å². The van der Waals surface area contributed by atoms with Crippen molar-refractivity contribution < 1.29 is 9.78 Å². The molecule has 0 amide bonds. The normalized spacial score (nSPS) is 14.8. The van der Waals surface area contributed by atoms with Gasteiger partial charge in [-0.3, -0.25) is 0 Å². The molecule has 4 nitrogen and oxygen atoms in total. The number of para-hydroxylation sites is 1. The van der Waals surface area contributed by atoms with Crippen LogP contribution >= 0.6 is 0 Å². The minimum Gasteiger partial charge on any atom is -0.337 e. The molecule has 4 heteroatoms. The first kappa shape index (κ1) is 11.0. The second kappa shape index (κ2) is 5.59. The Kier molecular flexibility index (Phi) is 4.39. The van der Waals surface area contributed by atoms with E-state index in [0.717, 1.165) is 0 Å². The molecular formula is C10H16N2O2. The first-order chi connectivity index (χ1) is 6.74. The smallest absolute Gasteiger partial charge is 0.165 e. The van der Waals surface area contributed by atoms with E-state index in [1.807, 2.05) is 25.1 Å². The summed E-state index contributed by atoms with van der Waals surface area (Å²) in [5.74, 6) is 0.656. The Balaban J connectivity index is 2.34. The monoisotopic (exact) mass is 196 g/mol. The number of nitrogens with two attached hydrogens (primary N) is 2. The fourth-order valence-electron chi connectivity index (χ4n) is 0.870. The van der Waals surface area contributed by atoms with Gasteiger partial charge in [0, 0.05) is 12.6 Å². The molecule has 0 saturated heterocycles. The van der Waals surface area contributed by atoms with E-state index in [9.17, 15) is 0 Å². The summed E-state index contributed by atoms with van der Waals surface area (Å²) in [5, 5.41) is 0. The Bertz CT molecular complexity index is 254. The fraction of sp³-hybridized carbons (Fsp3) is 0.400. The van der Waals surface area contributed by atoms with Gasteiger partial charge >= 0.3 is 0 Å². The molecule has 1 aromatic carbocycles. The highest BCUT2D eigenvalue weighted by Crippen LogP contribution is 2.10. The minimum absolute atomic E-state index is 0.210. The van der Waals surface area contributed by atoms with Crippen LogP contribution in [0.25, 0.3) is 0 Å². The molecule has 0 spiro atoms. The zero-order valence-electron chi connectivity index (χ0n) is 8.22. The molecule has 1 rings (SSSR count). The lowest BCUT2D eigenvalue weighted by molar-refractivity contribution is -0.243. The van der Waals surface area contributed by atoms with Gasteiger partial charge in [-0.15, -0.1) is 0 Å². The SMILES string of the molecule is CC(OOc1ccccc1)[C@@H](N)CN. The van der Waals surface area contributed by atoms with Crippen molar-refractivity contribution in [1.82, 2.24) is 0 Å². The van der Waals surface area contributed by atoms with E-state index >= 15 is 0 Å². The molecule has 1 aromatic rings. The molecule has 0 bridgehead atoms. The average molecular weight is 196 g/mol. The molecule has 0 aliphatic heterocycles. The first-order valence-electron chi connectivity index (χ1n) is 4.58. The third-order valence-corrected chi connectivity index (χ3v) is 1.91. The predicted octanol–water partition coefficient (Wildman–Crippen LogP) is 0.672. The lowest BCUT2D eigenvalue weighted by Gasteiger charge is -2.17. The van der Waals surface area contributed by atoms with Crippen molar-refractivity contribution in [2.75, 3.05) is 6.54 Å². The molecule has 0 heterocycles. The Morgan fingerprint density at radius 3 is 2.50 bits per heavy atom. The number of rotatable bonds is 5. The van der Waals surface area contributed by atoms with Crippen molar-refractivity contribution in [1.29, 1.82) is 0 Å². The van der Waals surface area contributed by atoms with Gasteiger partial charge in [0.25, 0.3) is 0 Å². The molecule has 14 heavy (non-hydrogen) atoms. The Hall–Kier alpha value is -1.10. The van der Waals surface area contributed by atoms with Crippen LogP contribution in [-0.2, 0) is 4.89 Å². The van der Waals surface area contributed by atoms with Crippen molar-refractivity contribution in [3.8, 4) is 5.75 Å². The van der Waals surface area contributed by atoms with Gasteiger partial charge in [0.15, 0.2) is 5.75 Å². The molecule has 0 saturated carbocycles. The summed E-state index contributed by atoms with van der Waals surface area (Å²) in [6.45, 7) is 2.19. The summed E-state index contributed by atoms with van der Waals surface area (Å²) in [6.07, 6.45) is -0.222. The van der Waals surface area contributed by atoms with E-state index in [1.54, 1.807) is 12.1 Å². The predicted molar refractivity (Wildman–Crippen MR) is 54.6 cm³/mol. The second-order valence-electron chi connectivity index (χ2n) is 3.10. The van der Waals surface area contributed by atoms with Crippen LogP contribution in [0, 0.1) is 0 Å². The van der Waals surface area contributed by atoms with Gasteiger partial charge in [-0.1, -0.05) is 18.2 Å². The maximum absolute atomic E-state index is 5.65. The van der Waals surface area contributed by atoms with Crippen LogP contribution in [0.5, 0.6) is 5.75 Å². The molecule has 0 radical (unpaired) electrons. The van der Waals surface area contributed by atoms with Gasteiger partial charge in [0.1, 0.15) is 6.10 Å². The van der Waals surface area contributed by atoms with Crippen molar-refractivity contribution >= 4 is 0 Å². The Morgan fingerprint density at radius 1 is 1.29 bits per heavy atom. The Labute approximate surface area is 83.7 Å². The van der Waals surface area contributed by atoms with Gasteiger partial charge in [-0.05, 0) is 19.1 Å². The number of hydrogen-bond acceptors (Lipinski definition) is 4. The van der Waals surface area contributed by atoms with Gasteiger partial charge in [-0.2, -0.15) is 4.89 Å². The topological polar surface area (TPSA) is 70.5 Å². The van der Waals surface area contributed by atoms with E-state index in [0.29, 0.717) is 12.3 Å². The van der Waals surface area contributed by atoms with Crippen LogP contribution < -0.4 is 16.4 Å². The fourth-order valence-corrected chi connectivity index (χ4v) is 0.870. The summed E-state index contributed by atoms with van der Waals surface area (Å²) < 4.78 is 0. The van der Waals surface area contributed by atoms with E-state index in [4.69, 9.17) is 21.2 Å². The molecule has 1 unspecified atom stereocenters. The average Bonchev–Trinajstić information content (AvgIpc) is 2.26. The maximum atomic E-state index is 5.65. The van der Waals surface area contributed by atoms with Gasteiger partial charge in [-0.25, -0.2) is 0 Å². The highest BCUT2D eigenvalue weighted by atomic mass is 17.2. The standard InChI is InChI=1S/C10H16N2O2/c1-8(10(12)7-11)13-14-9-5-3-2-4-6-9/h2-6,8,10H,7,11-12H2,1H3/t8?,10-/m0/s1. The van der Waals surface area contributed by atoms with Gasteiger partial charge in [0.05, 0.1) is 0 Å². The summed E-state index contributed by atoms with van der Waals surface area (Å²) in [5.41, 5.74) is 11.0. The quantitative estimate of drug-likeness (QED) is 0.536. The van der Waals surface area contributed by atoms with E-state index in [1.165, 1.54) is 0 Å². The van der Waals surface area contributed by atoms with Crippen LogP contribution in [0.4, 0.5) is 0 Å². The summed E-state index contributed by atoms with van der Waals surface area (Å²) in [6, 6.07) is 9.04. The Morgan fingerprint density at radius 2 is 1.93 bits per heavy atom. The van der Waals surface area contributed by atoms with Gasteiger partial charge in [0.2, 0.25) is 0 Å². The lowest BCUT2D eigenvalue weighted by Crippen LogP contribution is -2.41. The van der Waals surface area contributed by atoms with Crippen LogP contribution in [-0.4, -0.2) is 18.7 Å². The molecule has 0 aromatic heterocycles. The summed E-state index contributed by atoms with van der Waals surface area (Å²) >= 11 is 0. The molecule has 78 valence electrons. The van der Waals surface area contributed by atoms with Crippen molar-refractivity contribution in [2.45, 2.75) is 19.1 Å². The van der Waals surface area contributed by atoms with Crippen LogP contribution in [0.3, 0.4) is 0 Å². The van der Waals surface area contributed by atoms with Gasteiger partial charge < -0.3 is 16.4 Å². The van der Waals surface area contributed by atoms with Crippen LogP contribution in [0.1, 0.15) is 6.92 Å². The zero-order chi connectivity index (χ0) is 10.4. The van der Waals surface area contributed by atoms with Crippen molar-refractivity contribution in [3.63, 3.8) is 0 Å². The molecule has 4 N–H and O–H groups in total. The number of benzene rings is 1. The highest BCUT2D eigenvalue weighted by molar-refractivity contribution is 5.20. The van der Waals surface area contributed by atoms with E-state index in [2.05, 4.69) is 0 Å². The van der Waals surface area contributed by atoms with Crippen molar-refractivity contribution in [3.05, 3.63) is 30.3 Å². The third kappa shape index (κ3) is 3.33. The van der Waals surface area contributed by atoms with E-state index < -0.39 is 0 Å². The second-order valence-corrected chi connectivity index (χ2v) is 3.10. The molecule has 2 atom stereocenters. The maximum Gasteiger partial charge on any atom is 0.165 e. The third-order valence-electron chi connectivity index (χ3n) is 1.91. The lowest BCUT2D eigenvalue weighted by atomic mass is 10.2. The summed E-state index contributed by atoms with van der Waals surface area (Å²) in [4.78, 5) is 10.1. The minimum atomic E-state index is -0.222. The molecule has 0 aliphatic carbocycles. The first-order valence-corrected chi connectivity index (χ1v) is 4.58.